The molecule has 3 aromatic rings. The van der Waals surface area contributed by atoms with Crippen molar-refractivity contribution in [3.63, 3.8) is 0 Å². The Morgan fingerprint density at radius 1 is 1.08 bits per heavy atom. The summed E-state index contributed by atoms with van der Waals surface area (Å²) in [6.07, 6.45) is 4.63. The summed E-state index contributed by atoms with van der Waals surface area (Å²) in [5.74, 6) is 0.380. The van der Waals surface area contributed by atoms with Crippen molar-refractivity contribution in [1.82, 2.24) is 14.4 Å². The predicted molar refractivity (Wildman–Crippen MR) is 161 cm³/mol. The van der Waals surface area contributed by atoms with Gasteiger partial charge in [-0.15, -0.1) is 0 Å². The third-order valence-electron chi connectivity index (χ3n) is 6.26. The summed E-state index contributed by atoms with van der Waals surface area (Å²) in [4.78, 5) is 26.7. The normalized spacial score (nSPS) is 15.4. The van der Waals surface area contributed by atoms with Gasteiger partial charge in [0.15, 0.2) is 21.2 Å². The highest BCUT2D eigenvalue weighted by Gasteiger charge is 2.33. The molecule has 1 amide bonds. The van der Waals surface area contributed by atoms with Crippen molar-refractivity contribution in [1.29, 1.82) is 0 Å². The average Bonchev–Trinajstić information content (AvgIpc) is 3.35. The maximum absolute atomic E-state index is 13.8. The second-order valence-electron chi connectivity index (χ2n) is 12.5. The number of hydrogen-bond donors (Lipinski definition) is 0. The van der Waals surface area contributed by atoms with Crippen LogP contribution in [0.5, 0.6) is 0 Å². The van der Waals surface area contributed by atoms with E-state index in [1.807, 2.05) is 43.5 Å². The van der Waals surface area contributed by atoms with Crippen LogP contribution >= 0.6 is 15.9 Å². The average molecular weight is 619 g/mol. The number of imidazole rings is 1. The summed E-state index contributed by atoms with van der Waals surface area (Å²) in [6.45, 7) is 19.3. The summed E-state index contributed by atoms with van der Waals surface area (Å²) in [6, 6.07) is 6.05. The molecule has 3 heterocycles. The lowest BCUT2D eigenvalue weighted by Crippen LogP contribution is -2.39. The van der Waals surface area contributed by atoms with Gasteiger partial charge in [-0.2, -0.15) is 0 Å². The summed E-state index contributed by atoms with van der Waals surface area (Å²) >= 11 is 3.52. The number of rotatable bonds is 6. The van der Waals surface area contributed by atoms with Crippen molar-refractivity contribution in [3.8, 4) is 0 Å². The van der Waals surface area contributed by atoms with Crippen LogP contribution in [0.4, 0.5) is 22.0 Å². The molecular formula is C28H40BrN5O4Si. The Kier molecular flexibility index (Phi) is 8.46. The van der Waals surface area contributed by atoms with Gasteiger partial charge in [-0.3, -0.25) is 4.40 Å². The lowest BCUT2D eigenvalue weighted by molar-refractivity contribution is 0.0597. The Bertz CT molecular complexity index is 1330. The topological polar surface area (TPSA) is 81.4 Å². The summed E-state index contributed by atoms with van der Waals surface area (Å²) in [5.41, 5.74) is 1.96. The second kappa shape index (κ2) is 11.2. The van der Waals surface area contributed by atoms with Gasteiger partial charge < -0.3 is 18.8 Å². The predicted octanol–water partition coefficient (Wildman–Crippen LogP) is 5.96. The molecule has 0 N–H and O–H groups in total. The van der Waals surface area contributed by atoms with Gasteiger partial charge in [-0.25, -0.2) is 19.7 Å². The standard InChI is InChI=1S/C28H40BrN5O4Si/c1-26(2,3)37-25(35)34(24-23-30-11-12-33(23)22(29)18-31-24)19-9-10-21(32-13-15-36-16-14-32)20(17-19)28(7,8)38-39-27(4,5)6/h9-12,17-18H,13-16,39H2,1-8H3. The second-order valence-corrected chi connectivity index (χ2v) is 16.0. The van der Waals surface area contributed by atoms with Crippen LogP contribution in [0.1, 0.15) is 61.0 Å². The molecule has 0 atom stereocenters. The Hall–Kier alpha value is -2.47. The van der Waals surface area contributed by atoms with Gasteiger partial charge in [0.25, 0.3) is 0 Å². The summed E-state index contributed by atoms with van der Waals surface area (Å²) in [7, 11) is -0.868. The van der Waals surface area contributed by atoms with Crippen molar-refractivity contribution in [2.45, 2.75) is 71.6 Å². The molecule has 1 aliphatic heterocycles. The van der Waals surface area contributed by atoms with Crippen molar-refractivity contribution < 1.29 is 18.7 Å². The molecule has 0 unspecified atom stereocenters. The number of anilines is 3. The molecule has 39 heavy (non-hydrogen) atoms. The molecule has 1 saturated heterocycles. The zero-order valence-corrected chi connectivity index (χ0v) is 27.2. The lowest BCUT2D eigenvalue weighted by Gasteiger charge is -2.37. The first-order valence-corrected chi connectivity index (χ1v) is 15.4. The molecule has 9 nitrogen and oxygen atoms in total. The number of fused-ring (bicyclic) bond motifs is 1. The molecule has 2 aromatic heterocycles. The number of hydrogen-bond acceptors (Lipinski definition) is 7. The van der Waals surface area contributed by atoms with E-state index < -0.39 is 27.1 Å². The first kappa shape index (κ1) is 29.5. The highest BCUT2D eigenvalue weighted by atomic mass is 79.9. The van der Waals surface area contributed by atoms with E-state index in [4.69, 9.17) is 13.9 Å². The van der Waals surface area contributed by atoms with E-state index in [0.717, 1.165) is 28.9 Å². The Labute approximate surface area is 241 Å². The number of halogens is 1. The largest absolute Gasteiger partial charge is 0.443 e. The van der Waals surface area contributed by atoms with Crippen LogP contribution in [0.25, 0.3) is 5.65 Å². The van der Waals surface area contributed by atoms with Gasteiger partial charge in [-0.1, -0.05) is 20.8 Å². The van der Waals surface area contributed by atoms with Crippen LogP contribution in [0.15, 0.2) is 41.4 Å². The molecule has 0 bridgehead atoms. The molecule has 0 radical (unpaired) electrons. The number of benzene rings is 1. The Morgan fingerprint density at radius 3 is 2.41 bits per heavy atom. The fourth-order valence-corrected chi connectivity index (χ4v) is 5.69. The number of amides is 1. The maximum Gasteiger partial charge on any atom is 0.420 e. The molecule has 0 spiro atoms. The summed E-state index contributed by atoms with van der Waals surface area (Å²) in [5, 5.41) is 0.129. The molecule has 1 aliphatic rings. The fourth-order valence-electron chi connectivity index (χ4n) is 4.36. The minimum absolute atomic E-state index is 0.129. The Balaban J connectivity index is 1.88. The Morgan fingerprint density at radius 2 is 1.77 bits per heavy atom. The minimum Gasteiger partial charge on any atom is -0.443 e. The van der Waals surface area contributed by atoms with Gasteiger partial charge in [0.1, 0.15) is 10.2 Å². The van der Waals surface area contributed by atoms with Crippen molar-refractivity contribution in [2.24, 2.45) is 0 Å². The van der Waals surface area contributed by atoms with Gasteiger partial charge in [0.05, 0.1) is 30.7 Å². The number of nitrogens with zero attached hydrogens (tertiary/aromatic N) is 5. The molecule has 1 fully saturated rings. The SMILES string of the molecule is CC(C)(C)OC(=O)N(c1ccc(N2CCOCC2)c(C(C)(C)O[SiH2]C(C)(C)C)c1)c1ncc(Br)n2ccnc12. The van der Waals surface area contributed by atoms with Crippen molar-refractivity contribution in [3.05, 3.63) is 47.0 Å². The van der Waals surface area contributed by atoms with Crippen molar-refractivity contribution in [2.75, 3.05) is 36.1 Å². The van der Waals surface area contributed by atoms with E-state index in [1.165, 1.54) is 4.90 Å². The molecule has 11 heteroatoms. The number of carbonyl (C=O) groups is 1. The number of carbonyl (C=O) groups excluding carboxylic acids is 1. The minimum atomic E-state index is -0.868. The third kappa shape index (κ3) is 7.00. The molecule has 212 valence electrons. The van der Waals surface area contributed by atoms with Crippen molar-refractivity contribution >= 4 is 54.6 Å². The number of morpholine rings is 1. The molecule has 0 saturated carbocycles. The van der Waals surface area contributed by atoms with Crippen LogP contribution in [0, 0.1) is 0 Å². The molecule has 4 rings (SSSR count). The molecule has 1 aromatic carbocycles. The van der Waals surface area contributed by atoms with Gasteiger partial charge in [-0.05, 0) is 73.8 Å². The van der Waals surface area contributed by atoms with Crippen LogP contribution in [-0.2, 0) is 19.5 Å². The smallest absolute Gasteiger partial charge is 0.420 e. The van der Waals surface area contributed by atoms with Gasteiger partial charge in [0.2, 0.25) is 0 Å². The maximum atomic E-state index is 13.8. The summed E-state index contributed by atoms with van der Waals surface area (Å²) < 4.78 is 20.7. The zero-order chi connectivity index (χ0) is 28.6. The highest BCUT2D eigenvalue weighted by molar-refractivity contribution is 9.10. The number of ether oxygens (including phenoxy) is 2. The third-order valence-corrected chi connectivity index (χ3v) is 8.58. The quantitative estimate of drug-likeness (QED) is 0.316. The van der Waals surface area contributed by atoms with Crippen LogP contribution in [0.2, 0.25) is 5.04 Å². The fraction of sp³-hybridized carbons (Fsp3) is 0.536. The van der Waals surface area contributed by atoms with Gasteiger partial charge >= 0.3 is 6.09 Å². The zero-order valence-electron chi connectivity index (χ0n) is 24.2. The van der Waals surface area contributed by atoms with E-state index in [2.05, 4.69) is 71.5 Å². The van der Waals surface area contributed by atoms with E-state index >= 15 is 0 Å². The van der Waals surface area contributed by atoms with Crippen LogP contribution in [0.3, 0.4) is 0 Å². The monoisotopic (exact) mass is 617 g/mol. The number of aromatic nitrogens is 3. The van der Waals surface area contributed by atoms with E-state index in [9.17, 15) is 4.79 Å². The van der Waals surface area contributed by atoms with E-state index in [-0.39, 0.29) is 5.04 Å². The lowest BCUT2D eigenvalue weighted by atomic mass is 9.94. The van der Waals surface area contributed by atoms with Crippen LogP contribution in [-0.4, -0.2) is 62.1 Å². The molecule has 0 aliphatic carbocycles. The van der Waals surface area contributed by atoms with E-state index in [1.54, 1.807) is 12.4 Å². The van der Waals surface area contributed by atoms with Gasteiger partial charge in [0, 0.05) is 36.7 Å². The first-order valence-electron chi connectivity index (χ1n) is 13.3. The van der Waals surface area contributed by atoms with Crippen LogP contribution < -0.4 is 9.80 Å². The first-order chi connectivity index (χ1) is 18.2. The van der Waals surface area contributed by atoms with E-state index in [0.29, 0.717) is 30.4 Å². The molecular weight excluding hydrogens is 578 g/mol. The highest BCUT2D eigenvalue weighted by Crippen LogP contribution is 2.40.